The second kappa shape index (κ2) is 7.45. The number of hydrogen-bond donors (Lipinski definition) is 0. The standard InChI is InChI=1S/C19H15NO5S/c1-20-17(21)16(26-19(20)24)10-14-4-2-3-5-15(14)25-11-12-6-8-13(9-7-12)18(22)23/h2-10H,11H2,1H3,(H,22,23)/p-1/b16-10+. The van der Waals surface area contributed by atoms with E-state index in [2.05, 4.69) is 0 Å². The second-order valence-electron chi connectivity index (χ2n) is 5.55. The van der Waals surface area contributed by atoms with E-state index < -0.39 is 5.97 Å². The van der Waals surface area contributed by atoms with Crippen LogP contribution in [0.3, 0.4) is 0 Å². The van der Waals surface area contributed by atoms with E-state index in [9.17, 15) is 19.5 Å². The number of likely N-dealkylation sites (N-methyl/N-ethyl adjacent to an activating group) is 1. The smallest absolute Gasteiger partial charge is 0.293 e. The monoisotopic (exact) mass is 368 g/mol. The van der Waals surface area contributed by atoms with E-state index in [-0.39, 0.29) is 23.3 Å². The Labute approximate surface area is 154 Å². The van der Waals surface area contributed by atoms with Crippen LogP contribution in [0.15, 0.2) is 53.4 Å². The van der Waals surface area contributed by atoms with Crippen molar-refractivity contribution in [2.45, 2.75) is 6.61 Å². The Kier molecular flexibility index (Phi) is 5.09. The van der Waals surface area contributed by atoms with Crippen LogP contribution in [0.4, 0.5) is 4.79 Å². The topological polar surface area (TPSA) is 86.7 Å². The van der Waals surface area contributed by atoms with Crippen LogP contribution in [0.25, 0.3) is 6.08 Å². The lowest BCUT2D eigenvalue weighted by atomic mass is 10.1. The van der Waals surface area contributed by atoms with Gasteiger partial charge in [-0.25, -0.2) is 0 Å². The lowest BCUT2D eigenvalue weighted by molar-refractivity contribution is -0.255. The van der Waals surface area contributed by atoms with Crippen LogP contribution in [-0.4, -0.2) is 29.1 Å². The number of para-hydroxylation sites is 1. The van der Waals surface area contributed by atoms with Gasteiger partial charge >= 0.3 is 0 Å². The highest BCUT2D eigenvalue weighted by atomic mass is 32.2. The molecule has 0 atom stereocenters. The minimum Gasteiger partial charge on any atom is -0.545 e. The number of imide groups is 1. The maximum absolute atomic E-state index is 12.0. The summed E-state index contributed by atoms with van der Waals surface area (Å²) < 4.78 is 5.80. The van der Waals surface area contributed by atoms with Crippen molar-refractivity contribution in [2.75, 3.05) is 7.05 Å². The van der Waals surface area contributed by atoms with Gasteiger partial charge in [0.2, 0.25) is 0 Å². The fraction of sp³-hybridized carbons (Fsp3) is 0.105. The predicted octanol–water partition coefficient (Wildman–Crippen LogP) is 2.30. The van der Waals surface area contributed by atoms with Crippen LogP contribution in [0.1, 0.15) is 21.5 Å². The van der Waals surface area contributed by atoms with E-state index in [1.807, 2.05) is 6.07 Å². The second-order valence-corrected chi connectivity index (χ2v) is 6.54. The first-order chi connectivity index (χ1) is 12.5. The molecule has 2 aromatic rings. The first-order valence-electron chi connectivity index (χ1n) is 7.69. The van der Waals surface area contributed by atoms with Crippen LogP contribution in [0, 0.1) is 0 Å². The molecule has 0 aromatic heterocycles. The van der Waals surface area contributed by atoms with E-state index >= 15 is 0 Å². The van der Waals surface area contributed by atoms with Crippen molar-refractivity contribution in [3.63, 3.8) is 0 Å². The van der Waals surface area contributed by atoms with Crippen molar-refractivity contribution in [1.82, 2.24) is 4.90 Å². The van der Waals surface area contributed by atoms with Crippen LogP contribution in [0.2, 0.25) is 0 Å². The summed E-state index contributed by atoms with van der Waals surface area (Å²) in [5, 5.41) is 10.5. The Morgan fingerprint density at radius 2 is 1.85 bits per heavy atom. The van der Waals surface area contributed by atoms with Gasteiger partial charge in [0.1, 0.15) is 12.4 Å². The molecule has 7 heteroatoms. The molecule has 0 unspecified atom stereocenters. The fourth-order valence-electron chi connectivity index (χ4n) is 2.32. The first kappa shape index (κ1) is 17.8. The number of carboxylic acid groups (broad SMARTS) is 1. The van der Waals surface area contributed by atoms with E-state index in [1.165, 1.54) is 19.2 Å². The number of carboxylic acids is 1. The van der Waals surface area contributed by atoms with Crippen molar-refractivity contribution < 1.29 is 24.2 Å². The van der Waals surface area contributed by atoms with E-state index in [1.54, 1.807) is 36.4 Å². The number of thioether (sulfide) groups is 1. The molecular weight excluding hydrogens is 354 g/mol. The number of carbonyl (C=O) groups is 3. The van der Waals surface area contributed by atoms with Crippen LogP contribution < -0.4 is 9.84 Å². The van der Waals surface area contributed by atoms with Crippen LogP contribution >= 0.6 is 11.8 Å². The van der Waals surface area contributed by atoms with Crippen molar-refractivity contribution >= 4 is 35.0 Å². The highest BCUT2D eigenvalue weighted by Crippen LogP contribution is 2.33. The molecule has 1 saturated heterocycles. The lowest BCUT2D eigenvalue weighted by Gasteiger charge is -2.10. The molecule has 0 bridgehead atoms. The maximum atomic E-state index is 12.0. The summed E-state index contributed by atoms with van der Waals surface area (Å²) in [5.41, 5.74) is 1.57. The number of amides is 2. The van der Waals surface area contributed by atoms with Gasteiger partial charge in [-0.3, -0.25) is 14.5 Å². The molecule has 2 amide bonds. The molecule has 1 heterocycles. The van der Waals surface area contributed by atoms with Crippen LogP contribution in [0.5, 0.6) is 5.75 Å². The van der Waals surface area contributed by atoms with Gasteiger partial charge in [-0.05, 0) is 35.0 Å². The highest BCUT2D eigenvalue weighted by Gasteiger charge is 2.31. The average molecular weight is 368 g/mol. The zero-order valence-corrected chi connectivity index (χ0v) is 14.6. The van der Waals surface area contributed by atoms with Crippen molar-refractivity contribution in [3.05, 3.63) is 70.1 Å². The zero-order valence-electron chi connectivity index (χ0n) is 13.8. The Bertz CT molecular complexity index is 904. The maximum Gasteiger partial charge on any atom is 0.293 e. The van der Waals surface area contributed by atoms with Crippen LogP contribution in [-0.2, 0) is 11.4 Å². The van der Waals surface area contributed by atoms with Crippen molar-refractivity contribution in [3.8, 4) is 5.75 Å². The molecule has 1 aliphatic rings. The molecule has 1 fully saturated rings. The highest BCUT2D eigenvalue weighted by molar-refractivity contribution is 8.18. The third-order valence-electron chi connectivity index (χ3n) is 3.78. The molecule has 6 nitrogen and oxygen atoms in total. The number of aromatic carboxylic acids is 1. The minimum absolute atomic E-state index is 0.101. The van der Waals surface area contributed by atoms with Gasteiger partial charge in [-0.1, -0.05) is 42.5 Å². The van der Waals surface area contributed by atoms with E-state index in [0.717, 1.165) is 22.2 Å². The lowest BCUT2D eigenvalue weighted by Crippen LogP contribution is -2.22. The Morgan fingerprint density at radius 3 is 2.46 bits per heavy atom. The normalized spacial score (nSPS) is 15.6. The average Bonchev–Trinajstić information content (AvgIpc) is 2.88. The molecule has 3 rings (SSSR count). The van der Waals surface area contributed by atoms with Gasteiger partial charge in [-0.2, -0.15) is 0 Å². The molecule has 0 radical (unpaired) electrons. The zero-order chi connectivity index (χ0) is 18.7. The Morgan fingerprint density at radius 1 is 1.15 bits per heavy atom. The number of benzene rings is 2. The summed E-state index contributed by atoms with van der Waals surface area (Å²) in [6.07, 6.45) is 1.63. The third kappa shape index (κ3) is 3.78. The van der Waals surface area contributed by atoms with Gasteiger partial charge < -0.3 is 14.6 Å². The quantitative estimate of drug-likeness (QED) is 0.753. The molecule has 0 aliphatic carbocycles. The third-order valence-corrected chi connectivity index (χ3v) is 4.74. The fourth-order valence-corrected chi connectivity index (χ4v) is 3.13. The first-order valence-corrected chi connectivity index (χ1v) is 8.51. The molecule has 0 N–H and O–H groups in total. The molecule has 1 aliphatic heterocycles. The van der Waals surface area contributed by atoms with Gasteiger partial charge in [0.25, 0.3) is 11.1 Å². The molecule has 26 heavy (non-hydrogen) atoms. The number of hydrogen-bond acceptors (Lipinski definition) is 6. The molecule has 2 aromatic carbocycles. The van der Waals surface area contributed by atoms with Gasteiger partial charge in [0.15, 0.2) is 0 Å². The SMILES string of the molecule is CN1C(=O)S/C(=C/c2ccccc2OCc2ccc(C(=O)[O-])cc2)C1=O. The Hall–Kier alpha value is -3.06. The van der Waals surface area contributed by atoms with Crippen molar-refractivity contribution in [2.24, 2.45) is 0 Å². The number of nitrogens with zero attached hydrogens (tertiary/aromatic N) is 1. The van der Waals surface area contributed by atoms with E-state index in [4.69, 9.17) is 4.74 Å². The van der Waals surface area contributed by atoms with Gasteiger partial charge in [-0.15, -0.1) is 0 Å². The minimum atomic E-state index is -1.23. The molecule has 132 valence electrons. The number of rotatable bonds is 5. The summed E-state index contributed by atoms with van der Waals surface area (Å²) in [6, 6.07) is 13.4. The van der Waals surface area contributed by atoms with Crippen molar-refractivity contribution in [1.29, 1.82) is 0 Å². The van der Waals surface area contributed by atoms with E-state index in [0.29, 0.717) is 16.2 Å². The molecule has 0 saturated carbocycles. The summed E-state index contributed by atoms with van der Waals surface area (Å²) in [6.45, 7) is 0.230. The van der Waals surface area contributed by atoms with Gasteiger partial charge in [0, 0.05) is 12.6 Å². The summed E-state index contributed by atoms with van der Waals surface area (Å²) in [4.78, 5) is 35.8. The summed E-state index contributed by atoms with van der Waals surface area (Å²) in [5.74, 6) is -1.01. The molecule has 0 spiro atoms. The number of carbonyl (C=O) groups excluding carboxylic acids is 3. The predicted molar refractivity (Wildman–Crippen MR) is 95.3 cm³/mol. The van der Waals surface area contributed by atoms with Gasteiger partial charge in [0.05, 0.1) is 10.9 Å². The summed E-state index contributed by atoms with van der Waals surface area (Å²) in [7, 11) is 1.44. The number of ether oxygens (including phenoxy) is 1. The largest absolute Gasteiger partial charge is 0.545 e. The molecular formula is C19H14NO5S-. The Balaban J connectivity index is 1.76. The summed E-state index contributed by atoms with van der Waals surface area (Å²) >= 11 is 0.886.